The molecule has 0 aromatic heterocycles. The number of likely N-dealkylation sites (N-methyl/N-ethyl adjacent to an activating group) is 1. The average Bonchev–Trinajstić information content (AvgIpc) is 2.94. The van der Waals surface area contributed by atoms with Crippen LogP contribution in [0.25, 0.3) is 0 Å². The summed E-state index contributed by atoms with van der Waals surface area (Å²) in [6.07, 6.45) is 9.42. The molecule has 0 aliphatic heterocycles. The highest BCUT2D eigenvalue weighted by atomic mass is 79.9. The van der Waals surface area contributed by atoms with Gasteiger partial charge in [-0.1, -0.05) is 58.1 Å². The number of ether oxygens (including phenoxy) is 2. The second-order valence-electron chi connectivity index (χ2n) is 10.1. The molecule has 39 heavy (non-hydrogen) atoms. The molecule has 0 heterocycles. The summed E-state index contributed by atoms with van der Waals surface area (Å²) < 4.78 is 12.5. The first-order valence-corrected chi connectivity index (χ1v) is 14.6. The molecule has 0 bridgehead atoms. The molecule has 0 unspecified atom stereocenters. The fourth-order valence-electron chi connectivity index (χ4n) is 4.64. The lowest BCUT2D eigenvalue weighted by atomic mass is 10.1. The quantitative estimate of drug-likeness (QED) is 0.146. The maximum absolute atomic E-state index is 12.9. The number of hydrogen-bond acceptors (Lipinski definition) is 4. The minimum absolute atomic E-state index is 0. The highest BCUT2D eigenvalue weighted by molar-refractivity contribution is 6.06. The molecular formula is C32H49BrN2O4. The maximum atomic E-state index is 12.9. The van der Waals surface area contributed by atoms with Crippen LogP contribution in [0.4, 0.5) is 5.69 Å². The zero-order valence-electron chi connectivity index (χ0n) is 24.5. The summed E-state index contributed by atoms with van der Waals surface area (Å²) in [5, 5.41) is 2.91. The first kappa shape index (κ1) is 34.6. The van der Waals surface area contributed by atoms with Crippen molar-refractivity contribution in [3.8, 4) is 5.75 Å². The van der Waals surface area contributed by atoms with Crippen LogP contribution in [-0.2, 0) is 4.74 Å². The fourth-order valence-corrected chi connectivity index (χ4v) is 4.64. The first-order valence-electron chi connectivity index (χ1n) is 14.6. The standard InChI is InChI=1S/C32H48N2O4.BrH/c1-5-9-11-12-16-25-37-30-18-14-13-17-29(30)31(35)33-28-21-19-27(20-22-28)32(36)38-26-24-34(7-3,8-4)23-15-10-6-2;/h13-14,17-22H,5-12,15-16,23-26H2,1-4H3;1H. The number of rotatable bonds is 19. The number of carbonyl (C=O) groups excluding carboxylic acids is 2. The number of carbonyl (C=O) groups is 2. The average molecular weight is 606 g/mol. The molecule has 7 heteroatoms. The van der Waals surface area contributed by atoms with Crippen molar-refractivity contribution in [1.29, 1.82) is 0 Å². The van der Waals surface area contributed by atoms with Crippen molar-refractivity contribution in [2.45, 2.75) is 79.1 Å². The number of hydrogen-bond donors (Lipinski definition) is 1. The van der Waals surface area contributed by atoms with Crippen LogP contribution >= 0.6 is 0 Å². The van der Waals surface area contributed by atoms with E-state index in [1.54, 1.807) is 30.3 Å². The maximum Gasteiger partial charge on any atom is 0.338 e. The van der Waals surface area contributed by atoms with Gasteiger partial charge in [0.05, 0.1) is 37.4 Å². The number of para-hydroxylation sites is 1. The number of halogens is 1. The monoisotopic (exact) mass is 604 g/mol. The molecular weight excluding hydrogens is 556 g/mol. The molecule has 0 atom stereocenters. The smallest absolute Gasteiger partial charge is 0.338 e. The van der Waals surface area contributed by atoms with E-state index in [1.807, 2.05) is 18.2 Å². The molecule has 1 amide bonds. The Morgan fingerprint density at radius 2 is 1.38 bits per heavy atom. The molecule has 0 saturated carbocycles. The van der Waals surface area contributed by atoms with Crippen LogP contribution in [-0.4, -0.2) is 55.8 Å². The molecule has 218 valence electrons. The molecule has 0 aliphatic rings. The predicted octanol–water partition coefficient (Wildman–Crippen LogP) is 4.50. The van der Waals surface area contributed by atoms with Gasteiger partial charge in [0.1, 0.15) is 18.9 Å². The van der Waals surface area contributed by atoms with Gasteiger partial charge in [-0.2, -0.15) is 0 Å². The number of nitrogens with zero attached hydrogens (tertiary/aromatic N) is 1. The lowest BCUT2D eigenvalue weighted by Crippen LogP contribution is -3.00. The van der Waals surface area contributed by atoms with Gasteiger partial charge in [-0.05, 0) is 69.5 Å². The van der Waals surface area contributed by atoms with Gasteiger partial charge < -0.3 is 36.3 Å². The van der Waals surface area contributed by atoms with E-state index in [0.717, 1.165) is 43.5 Å². The summed E-state index contributed by atoms with van der Waals surface area (Å²) in [5.74, 6) is 0.0154. The Labute approximate surface area is 246 Å². The molecule has 2 aromatic rings. The van der Waals surface area contributed by atoms with Crippen molar-refractivity contribution in [2.75, 3.05) is 44.7 Å². The summed E-state index contributed by atoms with van der Waals surface area (Å²) in [7, 11) is 0. The highest BCUT2D eigenvalue weighted by Gasteiger charge is 2.23. The Morgan fingerprint density at radius 1 is 0.744 bits per heavy atom. The molecule has 0 spiro atoms. The Morgan fingerprint density at radius 3 is 2.05 bits per heavy atom. The second-order valence-corrected chi connectivity index (χ2v) is 10.1. The van der Waals surface area contributed by atoms with E-state index in [4.69, 9.17) is 9.47 Å². The topological polar surface area (TPSA) is 64.6 Å². The molecule has 0 saturated heterocycles. The predicted molar refractivity (Wildman–Crippen MR) is 156 cm³/mol. The van der Waals surface area contributed by atoms with Crippen molar-refractivity contribution in [3.63, 3.8) is 0 Å². The van der Waals surface area contributed by atoms with Crippen LogP contribution in [0.5, 0.6) is 5.75 Å². The van der Waals surface area contributed by atoms with Gasteiger partial charge in [-0.25, -0.2) is 4.79 Å². The summed E-state index contributed by atoms with van der Waals surface area (Å²) in [6, 6.07) is 14.1. The summed E-state index contributed by atoms with van der Waals surface area (Å²) >= 11 is 0. The number of unbranched alkanes of at least 4 members (excludes halogenated alkanes) is 6. The molecule has 1 N–H and O–H groups in total. The van der Waals surface area contributed by atoms with Gasteiger partial charge in [0, 0.05) is 5.69 Å². The van der Waals surface area contributed by atoms with Crippen molar-refractivity contribution >= 4 is 17.6 Å². The van der Waals surface area contributed by atoms with Crippen LogP contribution in [0.2, 0.25) is 0 Å². The summed E-state index contributed by atoms with van der Waals surface area (Å²) in [5.41, 5.74) is 1.59. The summed E-state index contributed by atoms with van der Waals surface area (Å²) in [6.45, 7) is 13.9. The third-order valence-electron chi connectivity index (χ3n) is 7.39. The Hall–Kier alpha value is -2.38. The van der Waals surface area contributed by atoms with Gasteiger partial charge in [-0.3, -0.25) is 4.79 Å². The van der Waals surface area contributed by atoms with Crippen LogP contribution in [0.3, 0.4) is 0 Å². The van der Waals surface area contributed by atoms with E-state index in [9.17, 15) is 9.59 Å². The van der Waals surface area contributed by atoms with E-state index in [1.165, 1.54) is 38.5 Å². The van der Waals surface area contributed by atoms with Crippen molar-refractivity contribution in [2.24, 2.45) is 0 Å². The molecule has 6 nitrogen and oxygen atoms in total. The summed E-state index contributed by atoms with van der Waals surface area (Å²) in [4.78, 5) is 25.5. The Bertz CT molecular complexity index is 961. The van der Waals surface area contributed by atoms with Gasteiger partial charge in [0.15, 0.2) is 0 Å². The molecule has 0 fully saturated rings. The van der Waals surface area contributed by atoms with Crippen LogP contribution in [0, 0.1) is 0 Å². The Kier molecular flexibility index (Phi) is 17.5. The largest absolute Gasteiger partial charge is 1.00 e. The number of amides is 1. The number of esters is 1. The lowest BCUT2D eigenvalue weighted by molar-refractivity contribution is -0.925. The zero-order chi connectivity index (χ0) is 27.6. The van der Waals surface area contributed by atoms with Crippen LogP contribution in [0.1, 0.15) is 99.8 Å². The van der Waals surface area contributed by atoms with Crippen molar-refractivity contribution in [3.05, 3.63) is 59.7 Å². The molecule has 0 aliphatic carbocycles. The molecule has 2 rings (SSSR count). The SMILES string of the molecule is CCCCCCCOc1ccccc1C(=O)Nc1ccc(C(=O)OCC[N+](CC)(CC)CCCCC)cc1.[Br-]. The van der Waals surface area contributed by atoms with E-state index in [2.05, 4.69) is 33.0 Å². The van der Waals surface area contributed by atoms with E-state index in [-0.39, 0.29) is 28.9 Å². The normalized spacial score (nSPS) is 11.0. The third-order valence-corrected chi connectivity index (χ3v) is 7.39. The number of benzene rings is 2. The molecule has 0 radical (unpaired) electrons. The zero-order valence-corrected chi connectivity index (χ0v) is 26.1. The van der Waals surface area contributed by atoms with Gasteiger partial charge >= 0.3 is 5.97 Å². The third kappa shape index (κ3) is 12.1. The van der Waals surface area contributed by atoms with Gasteiger partial charge in [-0.15, -0.1) is 0 Å². The van der Waals surface area contributed by atoms with E-state index < -0.39 is 0 Å². The number of quaternary nitrogens is 1. The minimum Gasteiger partial charge on any atom is -1.00 e. The van der Waals surface area contributed by atoms with E-state index in [0.29, 0.717) is 35.8 Å². The Balaban J connectivity index is 0.00000760. The fraction of sp³-hybridized carbons (Fsp3) is 0.562. The van der Waals surface area contributed by atoms with Crippen molar-refractivity contribution in [1.82, 2.24) is 0 Å². The molecule has 2 aromatic carbocycles. The van der Waals surface area contributed by atoms with Gasteiger partial charge in [0.2, 0.25) is 0 Å². The minimum atomic E-state index is -0.334. The second kappa shape index (κ2) is 19.6. The van der Waals surface area contributed by atoms with Crippen molar-refractivity contribution < 1.29 is 40.5 Å². The van der Waals surface area contributed by atoms with Crippen LogP contribution in [0.15, 0.2) is 48.5 Å². The number of nitrogens with one attached hydrogen (secondary N) is 1. The lowest BCUT2D eigenvalue weighted by Gasteiger charge is -2.36. The van der Waals surface area contributed by atoms with E-state index >= 15 is 0 Å². The van der Waals surface area contributed by atoms with Crippen LogP contribution < -0.4 is 27.0 Å². The number of anilines is 1. The highest BCUT2D eigenvalue weighted by Crippen LogP contribution is 2.21. The first-order chi connectivity index (χ1) is 18.5. The van der Waals surface area contributed by atoms with Gasteiger partial charge in [0.25, 0.3) is 5.91 Å².